The normalized spacial score (nSPS) is 10.4. The van der Waals surface area contributed by atoms with Gasteiger partial charge in [-0.2, -0.15) is 0 Å². The lowest BCUT2D eigenvalue weighted by atomic mass is 10.2. The second kappa shape index (κ2) is 6.44. The van der Waals surface area contributed by atoms with Crippen LogP contribution in [0.15, 0.2) is 48.1 Å². The maximum absolute atomic E-state index is 9.33. The van der Waals surface area contributed by atoms with Gasteiger partial charge in [-0.3, -0.25) is 4.98 Å². The number of hydrogen-bond acceptors (Lipinski definition) is 6. The highest BCUT2D eigenvalue weighted by molar-refractivity contribution is 7.14. The third-order valence-electron chi connectivity index (χ3n) is 2.99. The van der Waals surface area contributed by atoms with Gasteiger partial charge in [-0.1, -0.05) is 0 Å². The van der Waals surface area contributed by atoms with Crippen molar-refractivity contribution in [2.24, 2.45) is 0 Å². The van der Waals surface area contributed by atoms with Crippen LogP contribution in [0.3, 0.4) is 0 Å². The van der Waals surface area contributed by atoms with Gasteiger partial charge in [0, 0.05) is 23.2 Å². The van der Waals surface area contributed by atoms with Crippen LogP contribution in [0.4, 0.5) is 10.8 Å². The van der Waals surface area contributed by atoms with Crippen molar-refractivity contribution >= 4 is 22.2 Å². The van der Waals surface area contributed by atoms with Gasteiger partial charge in [-0.05, 0) is 31.2 Å². The highest BCUT2D eigenvalue weighted by atomic mass is 32.1. The summed E-state index contributed by atoms with van der Waals surface area (Å²) in [5, 5.41) is 15.3. The first kappa shape index (κ1) is 14.3. The molecule has 2 aromatic heterocycles. The van der Waals surface area contributed by atoms with E-state index in [1.807, 2.05) is 30.5 Å². The number of ether oxygens (including phenoxy) is 1. The van der Waals surface area contributed by atoms with Crippen molar-refractivity contribution in [2.75, 3.05) is 11.9 Å². The van der Waals surface area contributed by atoms with E-state index in [-0.39, 0.29) is 5.75 Å². The number of aromatic hydroxyl groups is 1. The molecule has 0 radical (unpaired) electrons. The van der Waals surface area contributed by atoms with Gasteiger partial charge in [-0.25, -0.2) is 4.98 Å². The predicted molar refractivity (Wildman–Crippen MR) is 87.9 cm³/mol. The number of phenols is 1. The van der Waals surface area contributed by atoms with E-state index in [1.54, 1.807) is 24.5 Å². The minimum absolute atomic E-state index is 0.244. The van der Waals surface area contributed by atoms with Crippen LogP contribution in [0, 0.1) is 0 Å². The van der Waals surface area contributed by atoms with Gasteiger partial charge in [0.15, 0.2) is 5.13 Å². The van der Waals surface area contributed by atoms with Gasteiger partial charge in [0.1, 0.15) is 17.2 Å². The molecule has 0 amide bonds. The quantitative estimate of drug-likeness (QED) is 0.743. The first-order valence-corrected chi connectivity index (χ1v) is 7.73. The molecule has 0 bridgehead atoms. The molecule has 6 heteroatoms. The van der Waals surface area contributed by atoms with E-state index in [0.717, 1.165) is 27.8 Å². The van der Waals surface area contributed by atoms with Gasteiger partial charge < -0.3 is 15.2 Å². The molecule has 0 aliphatic heterocycles. The number of pyridine rings is 1. The first-order valence-electron chi connectivity index (χ1n) is 6.85. The Balaban J connectivity index is 1.81. The number of rotatable bonds is 5. The fraction of sp³-hybridized carbons (Fsp3) is 0.125. The van der Waals surface area contributed by atoms with Crippen LogP contribution < -0.4 is 10.1 Å². The Morgan fingerprint density at radius 2 is 2.05 bits per heavy atom. The molecule has 0 fully saturated rings. The van der Waals surface area contributed by atoms with E-state index < -0.39 is 0 Å². The summed E-state index contributed by atoms with van der Waals surface area (Å²) in [6.45, 7) is 2.53. The lowest BCUT2D eigenvalue weighted by Crippen LogP contribution is -1.98. The van der Waals surface area contributed by atoms with Gasteiger partial charge in [0.25, 0.3) is 0 Å². The SMILES string of the molecule is CCOc1ccncc1Nc1nc(-c2ccc(O)cc2)cs1. The number of nitrogens with one attached hydrogen (secondary N) is 1. The van der Waals surface area contributed by atoms with Crippen molar-refractivity contribution in [1.82, 2.24) is 9.97 Å². The van der Waals surface area contributed by atoms with E-state index in [0.29, 0.717) is 6.61 Å². The summed E-state index contributed by atoms with van der Waals surface area (Å²) >= 11 is 1.50. The maximum atomic E-state index is 9.33. The average molecular weight is 313 g/mol. The number of thiazole rings is 1. The second-order valence-corrected chi connectivity index (χ2v) is 5.37. The number of nitrogens with zero attached hydrogens (tertiary/aromatic N) is 2. The standard InChI is InChI=1S/C16H15N3O2S/c1-2-21-15-7-8-17-9-13(15)18-16-19-14(10-22-16)11-3-5-12(20)6-4-11/h3-10,20H,2H2,1H3,(H,18,19). The fourth-order valence-electron chi connectivity index (χ4n) is 1.97. The second-order valence-electron chi connectivity index (χ2n) is 4.51. The van der Waals surface area contributed by atoms with Crippen LogP contribution in [-0.2, 0) is 0 Å². The zero-order valence-electron chi connectivity index (χ0n) is 12.0. The van der Waals surface area contributed by atoms with E-state index in [1.165, 1.54) is 11.3 Å². The molecule has 0 aliphatic carbocycles. The van der Waals surface area contributed by atoms with Gasteiger partial charge >= 0.3 is 0 Å². The maximum Gasteiger partial charge on any atom is 0.187 e. The van der Waals surface area contributed by atoms with Crippen molar-refractivity contribution in [3.8, 4) is 22.8 Å². The Bertz CT molecular complexity index is 756. The molecule has 2 heterocycles. The Kier molecular flexibility index (Phi) is 4.20. The molecule has 0 spiro atoms. The van der Waals surface area contributed by atoms with E-state index in [9.17, 15) is 5.11 Å². The molecule has 0 atom stereocenters. The number of phenolic OH excluding ortho intramolecular Hbond substituents is 1. The van der Waals surface area contributed by atoms with Crippen molar-refractivity contribution < 1.29 is 9.84 Å². The molecule has 0 saturated heterocycles. The Morgan fingerprint density at radius 1 is 1.23 bits per heavy atom. The van der Waals surface area contributed by atoms with Crippen LogP contribution in [-0.4, -0.2) is 21.7 Å². The van der Waals surface area contributed by atoms with Crippen molar-refractivity contribution in [3.63, 3.8) is 0 Å². The minimum Gasteiger partial charge on any atom is -0.508 e. The molecule has 5 nitrogen and oxygen atoms in total. The molecular weight excluding hydrogens is 298 g/mol. The van der Waals surface area contributed by atoms with Gasteiger partial charge in [0.2, 0.25) is 0 Å². The first-order chi connectivity index (χ1) is 10.8. The topological polar surface area (TPSA) is 67.3 Å². The van der Waals surface area contributed by atoms with Crippen molar-refractivity contribution in [2.45, 2.75) is 6.92 Å². The number of hydrogen-bond donors (Lipinski definition) is 2. The summed E-state index contributed by atoms with van der Waals surface area (Å²) in [5.41, 5.74) is 2.60. The Morgan fingerprint density at radius 3 is 2.82 bits per heavy atom. The van der Waals surface area contributed by atoms with E-state index >= 15 is 0 Å². The molecule has 0 aliphatic rings. The summed E-state index contributed by atoms with van der Waals surface area (Å²) in [6, 6.07) is 8.79. The van der Waals surface area contributed by atoms with Crippen LogP contribution in [0.2, 0.25) is 0 Å². The van der Waals surface area contributed by atoms with Crippen LogP contribution in [0.5, 0.6) is 11.5 Å². The van der Waals surface area contributed by atoms with E-state index in [2.05, 4.69) is 15.3 Å². The van der Waals surface area contributed by atoms with Gasteiger partial charge in [0.05, 0.1) is 18.5 Å². The predicted octanol–water partition coefficient (Wildman–Crippen LogP) is 4.05. The van der Waals surface area contributed by atoms with Crippen molar-refractivity contribution in [1.29, 1.82) is 0 Å². The summed E-state index contributed by atoms with van der Waals surface area (Å²) in [7, 11) is 0. The molecule has 22 heavy (non-hydrogen) atoms. The van der Waals surface area contributed by atoms with E-state index in [4.69, 9.17) is 4.74 Å². The summed E-state index contributed by atoms with van der Waals surface area (Å²) in [5.74, 6) is 0.993. The summed E-state index contributed by atoms with van der Waals surface area (Å²) in [4.78, 5) is 8.65. The Hall–Kier alpha value is -2.60. The van der Waals surface area contributed by atoms with Crippen LogP contribution in [0.1, 0.15) is 6.92 Å². The van der Waals surface area contributed by atoms with Crippen LogP contribution >= 0.6 is 11.3 Å². The third-order valence-corrected chi connectivity index (χ3v) is 3.75. The smallest absolute Gasteiger partial charge is 0.187 e. The van der Waals surface area contributed by atoms with Crippen LogP contribution in [0.25, 0.3) is 11.3 Å². The molecule has 2 N–H and O–H groups in total. The fourth-order valence-corrected chi connectivity index (χ4v) is 2.70. The monoisotopic (exact) mass is 313 g/mol. The molecule has 112 valence electrons. The highest BCUT2D eigenvalue weighted by Gasteiger charge is 2.08. The lowest BCUT2D eigenvalue weighted by Gasteiger charge is -2.09. The summed E-state index contributed by atoms with van der Waals surface area (Å²) < 4.78 is 5.56. The van der Waals surface area contributed by atoms with Crippen molar-refractivity contribution in [3.05, 3.63) is 48.1 Å². The number of aromatic nitrogens is 2. The number of anilines is 2. The number of benzene rings is 1. The summed E-state index contributed by atoms with van der Waals surface area (Å²) in [6.07, 6.45) is 3.41. The largest absolute Gasteiger partial charge is 0.508 e. The molecule has 1 aromatic carbocycles. The third kappa shape index (κ3) is 3.17. The molecule has 0 unspecified atom stereocenters. The Labute approximate surface area is 132 Å². The lowest BCUT2D eigenvalue weighted by molar-refractivity contribution is 0.341. The highest BCUT2D eigenvalue weighted by Crippen LogP contribution is 2.31. The minimum atomic E-state index is 0.244. The molecule has 0 saturated carbocycles. The molecule has 3 rings (SSSR count). The molecule has 3 aromatic rings. The average Bonchev–Trinajstić information content (AvgIpc) is 2.99. The van der Waals surface area contributed by atoms with Gasteiger partial charge in [-0.15, -0.1) is 11.3 Å². The zero-order valence-corrected chi connectivity index (χ0v) is 12.8. The zero-order chi connectivity index (χ0) is 15.4. The molecular formula is C16H15N3O2S.